The number of carbonyl (C=O) groups excluding carboxylic acids is 1. The van der Waals surface area contributed by atoms with E-state index in [2.05, 4.69) is 0 Å². The zero-order valence-electron chi connectivity index (χ0n) is 10.8. The van der Waals surface area contributed by atoms with E-state index < -0.39 is 29.4 Å². The molecule has 0 saturated carbocycles. The quantitative estimate of drug-likeness (QED) is 0.925. The monoisotopic (exact) mass is 292 g/mol. The topological polar surface area (TPSA) is 46.3 Å². The highest BCUT2D eigenvalue weighted by Gasteiger charge is 2.38. The first-order valence-corrected chi connectivity index (χ1v) is 6.28. The molecule has 2 N–H and O–H groups in total. The normalized spacial score (nSPS) is 17.2. The Hall–Kier alpha value is -2.34. The van der Waals surface area contributed by atoms with Gasteiger partial charge in [0.25, 0.3) is 0 Å². The summed E-state index contributed by atoms with van der Waals surface area (Å²) in [6, 6.07) is 6.40. The van der Waals surface area contributed by atoms with Crippen LogP contribution in [0.1, 0.15) is 17.2 Å². The first-order valence-electron chi connectivity index (χ1n) is 6.28. The van der Waals surface area contributed by atoms with Crippen molar-refractivity contribution >= 4 is 11.6 Å². The Morgan fingerprint density at radius 2 is 1.81 bits per heavy atom. The summed E-state index contributed by atoms with van der Waals surface area (Å²) in [5, 5.41) is 0. The number of hydrogen-bond acceptors (Lipinski definition) is 2. The van der Waals surface area contributed by atoms with Gasteiger partial charge in [0.15, 0.2) is 0 Å². The number of nitrogens with zero attached hydrogens (tertiary/aromatic N) is 1. The van der Waals surface area contributed by atoms with Gasteiger partial charge in [0.05, 0.1) is 12.2 Å². The fourth-order valence-corrected chi connectivity index (χ4v) is 2.47. The minimum Gasteiger partial charge on any atom is -0.316 e. The molecule has 0 spiro atoms. The van der Waals surface area contributed by atoms with Crippen LogP contribution in [0.3, 0.4) is 0 Å². The van der Waals surface area contributed by atoms with Crippen LogP contribution in [0.15, 0.2) is 36.4 Å². The van der Waals surface area contributed by atoms with Crippen LogP contribution in [-0.4, -0.2) is 5.91 Å². The van der Waals surface area contributed by atoms with Crippen molar-refractivity contribution in [1.82, 2.24) is 0 Å². The van der Waals surface area contributed by atoms with Crippen LogP contribution in [-0.2, 0) is 11.3 Å². The summed E-state index contributed by atoms with van der Waals surface area (Å²) in [5.74, 6) is -2.77. The molecular weight excluding hydrogens is 281 g/mol. The predicted molar refractivity (Wildman–Crippen MR) is 70.9 cm³/mol. The molecule has 0 bridgehead atoms. The molecule has 1 amide bonds. The Kier molecular flexibility index (Phi) is 3.17. The maximum atomic E-state index is 13.8. The van der Waals surface area contributed by atoms with E-state index in [1.54, 1.807) is 6.07 Å². The number of rotatable bonds is 2. The van der Waals surface area contributed by atoms with Crippen molar-refractivity contribution in [3.05, 3.63) is 65.0 Å². The highest BCUT2D eigenvalue weighted by atomic mass is 19.1. The zero-order chi connectivity index (χ0) is 15.1. The molecule has 108 valence electrons. The maximum Gasteiger partial charge on any atom is 0.249 e. The van der Waals surface area contributed by atoms with Gasteiger partial charge in [-0.2, -0.15) is 0 Å². The molecule has 3 rings (SSSR count). The van der Waals surface area contributed by atoms with Gasteiger partial charge in [-0.1, -0.05) is 18.2 Å². The van der Waals surface area contributed by atoms with Gasteiger partial charge in [-0.3, -0.25) is 4.79 Å². The van der Waals surface area contributed by atoms with Crippen LogP contribution in [0.2, 0.25) is 0 Å². The van der Waals surface area contributed by atoms with Gasteiger partial charge in [-0.05, 0) is 12.1 Å². The van der Waals surface area contributed by atoms with Gasteiger partial charge in [0.1, 0.15) is 23.5 Å². The molecule has 2 aromatic carbocycles. The summed E-state index contributed by atoms with van der Waals surface area (Å²) < 4.78 is 40.9. The standard InChI is InChI=1S/C15H11F3N2O/c16-9-5-11(18)13-12(6-9)20(15(21)14(13)19)7-8-3-1-2-4-10(8)17/h1-6,14H,7,19H2. The number of benzene rings is 2. The van der Waals surface area contributed by atoms with E-state index in [1.807, 2.05) is 0 Å². The summed E-state index contributed by atoms with van der Waals surface area (Å²) >= 11 is 0. The number of amides is 1. The molecule has 3 nitrogen and oxygen atoms in total. The van der Waals surface area contributed by atoms with E-state index >= 15 is 0 Å². The Labute approximate surface area is 118 Å². The van der Waals surface area contributed by atoms with Crippen molar-refractivity contribution in [1.29, 1.82) is 0 Å². The summed E-state index contributed by atoms with van der Waals surface area (Å²) in [6.45, 7) is -0.130. The number of nitrogens with two attached hydrogens (primary N) is 1. The number of halogens is 3. The summed E-state index contributed by atoms with van der Waals surface area (Å²) in [5.41, 5.74) is 5.91. The second-order valence-corrected chi connectivity index (χ2v) is 4.81. The van der Waals surface area contributed by atoms with Gasteiger partial charge < -0.3 is 10.6 Å². The van der Waals surface area contributed by atoms with E-state index in [4.69, 9.17) is 5.73 Å². The van der Waals surface area contributed by atoms with Crippen LogP contribution in [0.25, 0.3) is 0 Å². The van der Waals surface area contributed by atoms with Crippen LogP contribution < -0.4 is 10.6 Å². The predicted octanol–water partition coefficient (Wildman–Crippen LogP) is 2.65. The van der Waals surface area contributed by atoms with Crippen LogP contribution in [0.5, 0.6) is 0 Å². The van der Waals surface area contributed by atoms with E-state index in [0.29, 0.717) is 6.07 Å². The number of anilines is 1. The zero-order valence-corrected chi connectivity index (χ0v) is 10.8. The molecule has 2 aromatic rings. The molecule has 0 fully saturated rings. The first-order chi connectivity index (χ1) is 9.99. The second-order valence-electron chi connectivity index (χ2n) is 4.81. The third-order valence-corrected chi connectivity index (χ3v) is 3.49. The molecule has 21 heavy (non-hydrogen) atoms. The Morgan fingerprint density at radius 1 is 1.10 bits per heavy atom. The fraction of sp³-hybridized carbons (Fsp3) is 0.133. The van der Waals surface area contributed by atoms with Crippen molar-refractivity contribution in [3.8, 4) is 0 Å². The molecule has 0 radical (unpaired) electrons. The third-order valence-electron chi connectivity index (χ3n) is 3.49. The lowest BCUT2D eigenvalue weighted by Gasteiger charge is -2.18. The van der Waals surface area contributed by atoms with E-state index in [9.17, 15) is 18.0 Å². The first kappa shape index (κ1) is 13.6. The van der Waals surface area contributed by atoms with E-state index in [-0.39, 0.29) is 23.4 Å². The third kappa shape index (κ3) is 2.17. The summed E-state index contributed by atoms with van der Waals surface area (Å²) in [7, 11) is 0. The molecule has 0 aliphatic carbocycles. The van der Waals surface area contributed by atoms with Gasteiger partial charge in [-0.25, -0.2) is 13.2 Å². The second kappa shape index (κ2) is 4.89. The van der Waals surface area contributed by atoms with Crippen molar-refractivity contribution in [2.24, 2.45) is 5.73 Å². The molecule has 1 aliphatic rings. The van der Waals surface area contributed by atoms with Gasteiger partial charge in [0.2, 0.25) is 5.91 Å². The Bertz CT molecular complexity index is 733. The van der Waals surface area contributed by atoms with Crippen molar-refractivity contribution in [2.45, 2.75) is 12.6 Å². The average molecular weight is 292 g/mol. The summed E-state index contributed by atoms with van der Waals surface area (Å²) in [6.07, 6.45) is 0. The van der Waals surface area contributed by atoms with Gasteiger partial charge in [0, 0.05) is 17.2 Å². The lowest BCUT2D eigenvalue weighted by atomic mass is 10.1. The van der Waals surface area contributed by atoms with Crippen molar-refractivity contribution < 1.29 is 18.0 Å². The minimum absolute atomic E-state index is 0.0493. The van der Waals surface area contributed by atoms with Gasteiger partial charge in [-0.15, -0.1) is 0 Å². The highest BCUT2D eigenvalue weighted by Crippen LogP contribution is 2.38. The lowest BCUT2D eigenvalue weighted by molar-refractivity contribution is -0.119. The molecule has 6 heteroatoms. The maximum absolute atomic E-state index is 13.8. The Balaban J connectivity index is 2.06. The van der Waals surface area contributed by atoms with E-state index in [0.717, 1.165) is 11.0 Å². The molecule has 1 heterocycles. The molecule has 0 saturated heterocycles. The molecular formula is C15H11F3N2O. The van der Waals surface area contributed by atoms with Crippen LogP contribution >= 0.6 is 0 Å². The van der Waals surface area contributed by atoms with Crippen molar-refractivity contribution in [3.63, 3.8) is 0 Å². The number of hydrogen-bond donors (Lipinski definition) is 1. The minimum atomic E-state index is -1.20. The highest BCUT2D eigenvalue weighted by molar-refractivity contribution is 6.04. The average Bonchev–Trinajstić information content (AvgIpc) is 2.66. The van der Waals surface area contributed by atoms with Crippen LogP contribution in [0, 0.1) is 17.5 Å². The number of carbonyl (C=O) groups is 1. The Morgan fingerprint density at radius 3 is 2.52 bits per heavy atom. The molecule has 1 aliphatic heterocycles. The molecule has 1 atom stereocenters. The van der Waals surface area contributed by atoms with E-state index in [1.165, 1.54) is 18.2 Å². The smallest absolute Gasteiger partial charge is 0.249 e. The summed E-state index contributed by atoms with van der Waals surface area (Å²) in [4.78, 5) is 13.2. The lowest BCUT2D eigenvalue weighted by Crippen LogP contribution is -2.31. The van der Waals surface area contributed by atoms with Crippen molar-refractivity contribution in [2.75, 3.05) is 4.90 Å². The number of fused-ring (bicyclic) bond motifs is 1. The van der Waals surface area contributed by atoms with Crippen LogP contribution in [0.4, 0.5) is 18.9 Å². The van der Waals surface area contributed by atoms with Gasteiger partial charge >= 0.3 is 0 Å². The SMILES string of the molecule is NC1C(=O)N(Cc2ccccc2F)c2cc(F)cc(F)c21. The molecule has 1 unspecified atom stereocenters. The molecule has 0 aromatic heterocycles. The largest absolute Gasteiger partial charge is 0.316 e. The fourth-order valence-electron chi connectivity index (χ4n) is 2.47.